The number of rotatable bonds is 3. The third-order valence-electron chi connectivity index (χ3n) is 7.66. The maximum absolute atomic E-state index is 13.7. The van der Waals surface area contributed by atoms with Crippen molar-refractivity contribution in [2.24, 2.45) is 11.8 Å². The van der Waals surface area contributed by atoms with Crippen LogP contribution in [0.1, 0.15) is 55.8 Å². The molecule has 3 saturated heterocycles. The summed E-state index contributed by atoms with van der Waals surface area (Å²) in [6.07, 6.45) is 5.06. The molecule has 1 saturated carbocycles. The maximum atomic E-state index is 13.7. The summed E-state index contributed by atoms with van der Waals surface area (Å²) in [6.45, 7) is 5.05. The minimum Gasteiger partial charge on any atom is -0.353 e. The molecule has 1 aromatic rings. The van der Waals surface area contributed by atoms with Gasteiger partial charge >= 0.3 is 0 Å². The Balaban J connectivity index is 1.38. The summed E-state index contributed by atoms with van der Waals surface area (Å²) in [5.74, 6) is 0.879. The second-order valence-corrected chi connectivity index (χ2v) is 9.92. The van der Waals surface area contributed by atoms with Crippen LogP contribution in [-0.2, 0) is 14.3 Å². The average Bonchev–Trinajstić information content (AvgIpc) is 3.62. The van der Waals surface area contributed by atoms with Crippen LogP contribution in [0.3, 0.4) is 0 Å². The minimum atomic E-state index is -0.823. The Hall–Kier alpha value is -2.41. The number of hydrogen-bond acceptors (Lipinski definition) is 4. The average molecular weight is 440 g/mol. The fraction of sp³-hybridized carbons (Fsp3) is 0.640. The predicted octanol–water partition coefficient (Wildman–Crippen LogP) is 2.51. The Morgan fingerprint density at radius 1 is 0.875 bits per heavy atom. The van der Waals surface area contributed by atoms with Gasteiger partial charge in [-0.2, -0.15) is 0 Å². The summed E-state index contributed by atoms with van der Waals surface area (Å²) >= 11 is 0. The van der Waals surface area contributed by atoms with E-state index >= 15 is 0 Å². The van der Waals surface area contributed by atoms with E-state index in [1.54, 1.807) is 17.0 Å². The molecule has 0 aromatic heterocycles. The van der Waals surface area contributed by atoms with Crippen molar-refractivity contribution in [3.8, 4) is 0 Å². The standard InChI is InChI=1S/C25H33N3O4/c1-18-9-13-26(14-10-18)24(31)21-17-32-25(28(21)23(30)19-5-3-2-4-6-19)11-15-27(16-12-25)22(29)20-7-8-20/h2-6,18,20-21H,7-17H2,1H3. The van der Waals surface area contributed by atoms with Crippen LogP contribution in [0.2, 0.25) is 0 Å². The second kappa shape index (κ2) is 8.50. The van der Waals surface area contributed by atoms with Gasteiger partial charge in [-0.25, -0.2) is 0 Å². The Kier molecular flexibility index (Phi) is 5.70. The van der Waals surface area contributed by atoms with Crippen LogP contribution < -0.4 is 0 Å². The normalized spacial score (nSPS) is 25.9. The summed E-state index contributed by atoms with van der Waals surface area (Å²) in [6, 6.07) is 8.55. The van der Waals surface area contributed by atoms with Crippen LogP contribution in [0.5, 0.6) is 0 Å². The number of ether oxygens (including phenoxy) is 1. The molecule has 7 nitrogen and oxygen atoms in total. The number of benzene rings is 1. The highest BCUT2D eigenvalue weighted by atomic mass is 16.5. The number of hydrogen-bond donors (Lipinski definition) is 0. The van der Waals surface area contributed by atoms with Crippen molar-refractivity contribution in [1.82, 2.24) is 14.7 Å². The van der Waals surface area contributed by atoms with E-state index in [1.165, 1.54) is 0 Å². The number of amides is 3. The lowest BCUT2D eigenvalue weighted by Crippen LogP contribution is -2.60. The highest BCUT2D eigenvalue weighted by molar-refractivity contribution is 5.98. The van der Waals surface area contributed by atoms with Gasteiger partial charge < -0.3 is 14.5 Å². The summed E-state index contributed by atoms with van der Waals surface area (Å²) in [7, 11) is 0. The van der Waals surface area contributed by atoms with Crippen LogP contribution in [0, 0.1) is 11.8 Å². The van der Waals surface area contributed by atoms with E-state index in [1.807, 2.05) is 28.0 Å². The first-order valence-electron chi connectivity index (χ1n) is 12.1. The molecule has 0 bridgehead atoms. The Morgan fingerprint density at radius 2 is 1.50 bits per heavy atom. The van der Waals surface area contributed by atoms with E-state index in [0.29, 0.717) is 37.4 Å². The highest BCUT2D eigenvalue weighted by Gasteiger charge is 2.55. The second-order valence-electron chi connectivity index (χ2n) is 9.92. The van der Waals surface area contributed by atoms with Gasteiger partial charge in [0.15, 0.2) is 0 Å². The summed E-state index contributed by atoms with van der Waals surface area (Å²) in [4.78, 5) is 45.3. The molecule has 0 N–H and O–H groups in total. The zero-order chi connectivity index (χ0) is 22.3. The van der Waals surface area contributed by atoms with Crippen LogP contribution in [0.25, 0.3) is 0 Å². The zero-order valence-electron chi connectivity index (χ0n) is 18.9. The number of nitrogens with zero attached hydrogens (tertiary/aromatic N) is 3. The molecule has 7 heteroatoms. The van der Waals surface area contributed by atoms with Crippen LogP contribution in [0.4, 0.5) is 0 Å². The van der Waals surface area contributed by atoms with Crippen LogP contribution in [-0.4, -0.2) is 77.0 Å². The van der Waals surface area contributed by atoms with E-state index in [-0.39, 0.29) is 30.2 Å². The Morgan fingerprint density at radius 3 is 2.12 bits per heavy atom. The summed E-state index contributed by atoms with van der Waals surface area (Å²) < 4.78 is 6.31. The molecule has 172 valence electrons. The topological polar surface area (TPSA) is 70.2 Å². The molecule has 3 amide bonds. The van der Waals surface area contributed by atoms with Gasteiger partial charge in [-0.1, -0.05) is 25.1 Å². The first-order valence-corrected chi connectivity index (χ1v) is 12.1. The molecule has 1 aliphatic carbocycles. The number of carbonyl (C=O) groups excluding carboxylic acids is 3. The van der Waals surface area contributed by atoms with Gasteiger partial charge in [-0.15, -0.1) is 0 Å². The molecule has 0 radical (unpaired) electrons. The third kappa shape index (κ3) is 3.91. The Bertz CT molecular complexity index is 868. The molecule has 1 unspecified atom stereocenters. The first-order chi connectivity index (χ1) is 15.5. The molecule has 32 heavy (non-hydrogen) atoms. The molecule has 3 aliphatic heterocycles. The molecular formula is C25H33N3O4. The maximum Gasteiger partial charge on any atom is 0.256 e. The molecule has 3 heterocycles. The molecule has 5 rings (SSSR count). The van der Waals surface area contributed by atoms with Crippen molar-refractivity contribution < 1.29 is 19.1 Å². The van der Waals surface area contributed by atoms with Crippen molar-refractivity contribution in [3.05, 3.63) is 35.9 Å². The van der Waals surface area contributed by atoms with Crippen molar-refractivity contribution >= 4 is 17.7 Å². The molecule has 1 aromatic carbocycles. The zero-order valence-corrected chi connectivity index (χ0v) is 18.9. The fourth-order valence-electron chi connectivity index (χ4n) is 5.38. The largest absolute Gasteiger partial charge is 0.353 e. The molecule has 1 atom stereocenters. The smallest absolute Gasteiger partial charge is 0.256 e. The van der Waals surface area contributed by atoms with Crippen molar-refractivity contribution in [1.29, 1.82) is 0 Å². The van der Waals surface area contributed by atoms with E-state index < -0.39 is 11.8 Å². The van der Waals surface area contributed by atoms with Crippen LogP contribution >= 0.6 is 0 Å². The number of carbonyl (C=O) groups is 3. The number of piperidine rings is 2. The monoisotopic (exact) mass is 439 g/mol. The molecular weight excluding hydrogens is 406 g/mol. The lowest BCUT2D eigenvalue weighted by molar-refractivity contribution is -0.146. The highest BCUT2D eigenvalue weighted by Crippen LogP contribution is 2.40. The van der Waals surface area contributed by atoms with Crippen molar-refractivity contribution in [2.45, 2.75) is 57.2 Å². The lowest BCUT2D eigenvalue weighted by atomic mass is 9.95. The van der Waals surface area contributed by atoms with Gasteiger partial charge in [0.25, 0.3) is 5.91 Å². The van der Waals surface area contributed by atoms with Gasteiger partial charge in [0, 0.05) is 50.5 Å². The SMILES string of the molecule is CC1CCN(C(=O)C2COC3(CCN(C(=O)C4CC4)CC3)N2C(=O)c2ccccc2)CC1. The van der Waals surface area contributed by atoms with Gasteiger partial charge in [-0.05, 0) is 43.7 Å². The fourth-order valence-corrected chi connectivity index (χ4v) is 5.38. The van der Waals surface area contributed by atoms with E-state index in [9.17, 15) is 14.4 Å². The van der Waals surface area contributed by atoms with Crippen molar-refractivity contribution in [3.63, 3.8) is 0 Å². The van der Waals surface area contributed by atoms with Crippen LogP contribution in [0.15, 0.2) is 30.3 Å². The molecule has 4 fully saturated rings. The lowest BCUT2D eigenvalue weighted by Gasteiger charge is -2.45. The molecule has 4 aliphatic rings. The van der Waals surface area contributed by atoms with Gasteiger partial charge in [0.1, 0.15) is 11.8 Å². The number of likely N-dealkylation sites (tertiary alicyclic amines) is 2. The first kappa shape index (κ1) is 21.4. The minimum absolute atomic E-state index is 0.00505. The summed E-state index contributed by atoms with van der Waals surface area (Å²) in [5.41, 5.74) is -0.254. The molecule has 1 spiro atoms. The van der Waals surface area contributed by atoms with Gasteiger partial charge in [-0.3, -0.25) is 19.3 Å². The Labute approximate surface area is 189 Å². The summed E-state index contributed by atoms with van der Waals surface area (Å²) in [5, 5.41) is 0. The quantitative estimate of drug-likeness (QED) is 0.726. The predicted molar refractivity (Wildman–Crippen MR) is 119 cm³/mol. The van der Waals surface area contributed by atoms with E-state index in [0.717, 1.165) is 38.8 Å². The van der Waals surface area contributed by atoms with Crippen molar-refractivity contribution in [2.75, 3.05) is 32.8 Å². The van der Waals surface area contributed by atoms with Gasteiger partial charge in [0.2, 0.25) is 11.8 Å². The third-order valence-corrected chi connectivity index (χ3v) is 7.66. The van der Waals surface area contributed by atoms with E-state index in [4.69, 9.17) is 4.74 Å². The van der Waals surface area contributed by atoms with E-state index in [2.05, 4.69) is 6.92 Å². The van der Waals surface area contributed by atoms with Gasteiger partial charge in [0.05, 0.1) is 6.61 Å².